The molecule has 0 aliphatic heterocycles. The molecule has 19 heavy (non-hydrogen) atoms. The minimum absolute atomic E-state index is 0.401. The molecule has 1 aromatic heterocycles. The Hall–Kier alpha value is -1.06. The molecule has 0 saturated heterocycles. The second kappa shape index (κ2) is 6.40. The van der Waals surface area contributed by atoms with Crippen LogP contribution >= 0.6 is 11.8 Å². The van der Waals surface area contributed by atoms with E-state index in [1.54, 1.807) is 0 Å². The smallest absolute Gasteiger partial charge is 0.0705 e. The number of pyridine rings is 1. The van der Waals surface area contributed by atoms with Crippen LogP contribution in [-0.4, -0.2) is 23.0 Å². The van der Waals surface area contributed by atoms with Gasteiger partial charge in [0.15, 0.2) is 0 Å². The summed E-state index contributed by atoms with van der Waals surface area (Å²) in [5.41, 5.74) is 3.49. The molecule has 0 aliphatic rings. The maximum atomic E-state index is 4.55. The summed E-state index contributed by atoms with van der Waals surface area (Å²) >= 11 is 1.99. The zero-order valence-corrected chi connectivity index (χ0v) is 12.9. The third-order valence-corrected chi connectivity index (χ3v) is 4.39. The largest absolute Gasteiger partial charge is 0.312 e. The molecular weight excluding hydrogens is 252 g/mol. The van der Waals surface area contributed by atoms with Crippen LogP contribution in [0.5, 0.6) is 0 Å². The lowest BCUT2D eigenvalue weighted by atomic mass is 10.1. The van der Waals surface area contributed by atoms with Gasteiger partial charge in [-0.1, -0.05) is 26.0 Å². The van der Waals surface area contributed by atoms with Gasteiger partial charge in [-0.3, -0.25) is 4.98 Å². The van der Waals surface area contributed by atoms with Crippen LogP contribution in [0.3, 0.4) is 0 Å². The van der Waals surface area contributed by atoms with Gasteiger partial charge in [-0.25, -0.2) is 0 Å². The molecule has 2 nitrogen and oxygen atoms in total. The number of hydrogen-bond donors (Lipinski definition) is 1. The highest BCUT2D eigenvalue weighted by molar-refractivity contribution is 7.99. The lowest BCUT2D eigenvalue weighted by molar-refractivity contribution is 0.662. The molecule has 0 spiro atoms. The van der Waals surface area contributed by atoms with E-state index in [0.717, 1.165) is 17.0 Å². The number of hydrogen-bond acceptors (Lipinski definition) is 3. The lowest BCUT2D eigenvalue weighted by Gasteiger charge is -2.18. The van der Waals surface area contributed by atoms with Gasteiger partial charge in [0.05, 0.1) is 5.52 Å². The van der Waals surface area contributed by atoms with Gasteiger partial charge in [-0.05, 0) is 43.0 Å². The monoisotopic (exact) mass is 274 g/mol. The van der Waals surface area contributed by atoms with Gasteiger partial charge in [-0.2, -0.15) is 11.8 Å². The molecule has 2 aromatic rings. The quantitative estimate of drug-likeness (QED) is 0.893. The van der Waals surface area contributed by atoms with Crippen molar-refractivity contribution in [2.45, 2.75) is 32.1 Å². The van der Waals surface area contributed by atoms with Crippen LogP contribution < -0.4 is 5.32 Å². The van der Waals surface area contributed by atoms with E-state index in [-0.39, 0.29) is 0 Å². The molecule has 0 radical (unpaired) electrons. The minimum Gasteiger partial charge on any atom is -0.312 e. The highest BCUT2D eigenvalue weighted by Gasteiger charge is 2.11. The summed E-state index contributed by atoms with van der Waals surface area (Å²) in [5, 5.41) is 5.30. The Morgan fingerprint density at radius 2 is 2.00 bits per heavy atom. The van der Waals surface area contributed by atoms with E-state index < -0.39 is 0 Å². The number of rotatable bonds is 5. The van der Waals surface area contributed by atoms with Crippen molar-refractivity contribution in [3.8, 4) is 0 Å². The summed E-state index contributed by atoms with van der Waals surface area (Å²) < 4.78 is 0. The topological polar surface area (TPSA) is 24.9 Å². The number of aryl methyl sites for hydroxylation is 1. The molecule has 0 saturated carbocycles. The Morgan fingerprint density at radius 1 is 1.21 bits per heavy atom. The fourth-order valence-electron chi connectivity index (χ4n) is 2.10. The van der Waals surface area contributed by atoms with Crippen LogP contribution in [0.25, 0.3) is 10.9 Å². The molecule has 0 fully saturated rings. The molecule has 1 atom stereocenters. The molecule has 3 heteroatoms. The van der Waals surface area contributed by atoms with Gasteiger partial charge in [-0.15, -0.1) is 0 Å². The Balaban J connectivity index is 2.25. The molecule has 1 aromatic carbocycles. The number of fused-ring (bicyclic) bond motifs is 1. The molecular formula is C16H22N2S. The van der Waals surface area contributed by atoms with Crippen LogP contribution in [0.1, 0.15) is 31.1 Å². The van der Waals surface area contributed by atoms with Gasteiger partial charge in [0, 0.05) is 22.9 Å². The van der Waals surface area contributed by atoms with Crippen LogP contribution in [0, 0.1) is 6.92 Å². The van der Waals surface area contributed by atoms with E-state index in [4.69, 9.17) is 0 Å². The van der Waals surface area contributed by atoms with Crippen molar-refractivity contribution in [1.29, 1.82) is 0 Å². The average molecular weight is 274 g/mol. The van der Waals surface area contributed by atoms with Crippen molar-refractivity contribution < 1.29 is 0 Å². The standard InChI is InChI=1S/C16H22N2S/c1-11(2)19-10-16(17-4)14-7-8-15-13(9-14)6-5-12(3)18-15/h5-9,11,16-17H,10H2,1-4H3. The third-order valence-electron chi connectivity index (χ3n) is 3.20. The van der Waals surface area contributed by atoms with E-state index in [2.05, 4.69) is 54.5 Å². The van der Waals surface area contributed by atoms with Crippen molar-refractivity contribution in [2.75, 3.05) is 12.8 Å². The van der Waals surface area contributed by atoms with Crippen molar-refractivity contribution in [2.24, 2.45) is 0 Å². The summed E-state index contributed by atoms with van der Waals surface area (Å²) in [6.07, 6.45) is 0. The van der Waals surface area contributed by atoms with Crippen molar-refractivity contribution in [3.63, 3.8) is 0 Å². The zero-order chi connectivity index (χ0) is 13.8. The van der Waals surface area contributed by atoms with Crippen molar-refractivity contribution in [3.05, 3.63) is 41.6 Å². The number of thioether (sulfide) groups is 1. The van der Waals surface area contributed by atoms with Crippen molar-refractivity contribution in [1.82, 2.24) is 10.3 Å². The van der Waals surface area contributed by atoms with E-state index in [1.807, 2.05) is 25.7 Å². The maximum absolute atomic E-state index is 4.55. The predicted molar refractivity (Wildman–Crippen MR) is 85.9 cm³/mol. The first-order valence-electron chi connectivity index (χ1n) is 6.76. The molecule has 0 aliphatic carbocycles. The van der Waals surface area contributed by atoms with Crippen LogP contribution in [0.15, 0.2) is 30.3 Å². The average Bonchev–Trinajstić information content (AvgIpc) is 2.39. The van der Waals surface area contributed by atoms with Gasteiger partial charge in [0.2, 0.25) is 0 Å². The first-order chi connectivity index (χ1) is 9.10. The predicted octanol–water partition coefficient (Wildman–Crippen LogP) is 3.95. The number of benzene rings is 1. The van der Waals surface area contributed by atoms with E-state index in [9.17, 15) is 0 Å². The minimum atomic E-state index is 0.401. The fraction of sp³-hybridized carbons (Fsp3) is 0.438. The molecule has 0 bridgehead atoms. The van der Waals surface area contributed by atoms with Crippen molar-refractivity contribution >= 4 is 22.7 Å². The second-order valence-electron chi connectivity index (χ2n) is 5.13. The normalized spacial score (nSPS) is 13.1. The zero-order valence-electron chi connectivity index (χ0n) is 12.1. The Morgan fingerprint density at radius 3 is 2.68 bits per heavy atom. The van der Waals surface area contributed by atoms with Crippen LogP contribution in [0.4, 0.5) is 0 Å². The molecule has 0 amide bonds. The van der Waals surface area contributed by atoms with E-state index in [0.29, 0.717) is 11.3 Å². The molecule has 2 rings (SSSR count). The number of nitrogens with one attached hydrogen (secondary N) is 1. The fourth-order valence-corrected chi connectivity index (χ4v) is 3.03. The van der Waals surface area contributed by atoms with Crippen LogP contribution in [0.2, 0.25) is 0 Å². The molecule has 1 unspecified atom stereocenters. The van der Waals surface area contributed by atoms with Gasteiger partial charge < -0.3 is 5.32 Å². The summed E-state index contributed by atoms with van der Waals surface area (Å²) in [5.74, 6) is 1.10. The summed E-state index contributed by atoms with van der Waals surface area (Å²) in [7, 11) is 2.03. The van der Waals surface area contributed by atoms with Gasteiger partial charge >= 0.3 is 0 Å². The highest BCUT2D eigenvalue weighted by Crippen LogP contribution is 2.24. The Kier molecular flexibility index (Phi) is 4.83. The van der Waals surface area contributed by atoms with Crippen LogP contribution in [-0.2, 0) is 0 Å². The Bertz CT molecular complexity index is 551. The van der Waals surface area contributed by atoms with E-state index in [1.165, 1.54) is 10.9 Å². The highest BCUT2D eigenvalue weighted by atomic mass is 32.2. The molecule has 102 valence electrons. The maximum Gasteiger partial charge on any atom is 0.0705 e. The molecule has 1 heterocycles. The summed E-state index contributed by atoms with van der Waals surface area (Å²) in [6.45, 7) is 6.51. The third kappa shape index (κ3) is 3.71. The first-order valence-corrected chi connectivity index (χ1v) is 7.81. The molecule has 1 N–H and O–H groups in total. The number of aromatic nitrogens is 1. The summed E-state index contributed by atoms with van der Waals surface area (Å²) in [6, 6.07) is 11.2. The Labute approximate surface area is 120 Å². The van der Waals surface area contributed by atoms with E-state index >= 15 is 0 Å². The second-order valence-corrected chi connectivity index (χ2v) is 6.74. The number of nitrogens with zero attached hydrogens (tertiary/aromatic N) is 1. The SMILES string of the molecule is CNC(CSC(C)C)c1ccc2nc(C)ccc2c1. The first kappa shape index (κ1) is 14.4. The lowest BCUT2D eigenvalue weighted by Crippen LogP contribution is -2.19. The van der Waals surface area contributed by atoms with Gasteiger partial charge in [0.25, 0.3) is 0 Å². The summed E-state index contributed by atoms with van der Waals surface area (Å²) in [4.78, 5) is 4.55. The van der Waals surface area contributed by atoms with Gasteiger partial charge in [0.1, 0.15) is 0 Å².